The highest BCUT2D eigenvalue weighted by Gasteiger charge is 2.26. The zero-order chi connectivity index (χ0) is 19.3. The molecule has 0 aliphatic carbocycles. The van der Waals surface area contributed by atoms with Gasteiger partial charge < -0.3 is 4.74 Å². The summed E-state index contributed by atoms with van der Waals surface area (Å²) in [6.45, 7) is 23.5. The minimum Gasteiger partial charge on any atom is -0.496 e. The van der Waals surface area contributed by atoms with Crippen LogP contribution in [0.15, 0.2) is 64.8 Å². The van der Waals surface area contributed by atoms with Crippen LogP contribution >= 0.6 is 0 Å². The maximum absolute atomic E-state index is 5.75. The predicted molar refractivity (Wildman–Crippen MR) is 111 cm³/mol. The maximum atomic E-state index is 5.75. The summed E-state index contributed by atoms with van der Waals surface area (Å²) >= 11 is 0. The Hall–Kier alpha value is -2.02. The molecule has 0 saturated heterocycles. The number of methoxy groups -OCH3 is 1. The molecule has 1 rings (SSSR count). The lowest BCUT2D eigenvalue weighted by Crippen LogP contribution is -2.12. The van der Waals surface area contributed by atoms with Crippen LogP contribution in [0.25, 0.3) is 0 Å². The molecule has 0 radical (unpaired) electrons. The molecule has 0 spiro atoms. The molecule has 0 aliphatic rings. The van der Waals surface area contributed by atoms with Crippen LogP contribution in [0.2, 0.25) is 0 Å². The maximum Gasteiger partial charge on any atom is 0.123 e. The Balaban J connectivity index is 3.89. The number of hydrogen-bond donors (Lipinski definition) is 0. The molecule has 0 saturated carbocycles. The summed E-state index contributed by atoms with van der Waals surface area (Å²) in [6, 6.07) is 6.48. The second kappa shape index (κ2) is 8.89. The molecule has 1 heteroatoms. The van der Waals surface area contributed by atoms with Gasteiger partial charge in [-0.1, -0.05) is 54.5 Å². The van der Waals surface area contributed by atoms with Gasteiger partial charge in [-0.15, -0.1) is 0 Å². The smallest absolute Gasteiger partial charge is 0.123 e. The van der Waals surface area contributed by atoms with Crippen molar-refractivity contribution in [3.05, 3.63) is 75.9 Å². The molecule has 0 fully saturated rings. The number of ether oxygens (including phenoxy) is 1. The van der Waals surface area contributed by atoms with Gasteiger partial charge in [0.15, 0.2) is 0 Å². The molecule has 1 aromatic carbocycles. The van der Waals surface area contributed by atoms with Crippen LogP contribution in [0.3, 0.4) is 0 Å². The van der Waals surface area contributed by atoms with Gasteiger partial charge in [0.25, 0.3) is 0 Å². The first kappa shape index (κ1) is 21.0. The predicted octanol–water partition coefficient (Wildman–Crippen LogP) is 7.30. The quantitative estimate of drug-likeness (QED) is 0.474. The van der Waals surface area contributed by atoms with Crippen molar-refractivity contribution in [1.82, 2.24) is 0 Å². The van der Waals surface area contributed by atoms with Gasteiger partial charge in [0.2, 0.25) is 0 Å². The number of rotatable bonds is 7. The van der Waals surface area contributed by atoms with Gasteiger partial charge >= 0.3 is 0 Å². The summed E-state index contributed by atoms with van der Waals surface area (Å²) in [5.41, 5.74) is 9.86. The van der Waals surface area contributed by atoms with E-state index in [4.69, 9.17) is 4.74 Å². The van der Waals surface area contributed by atoms with E-state index in [0.29, 0.717) is 0 Å². The van der Waals surface area contributed by atoms with Crippen LogP contribution in [0.1, 0.15) is 65.0 Å². The summed E-state index contributed by atoms with van der Waals surface area (Å²) in [4.78, 5) is 0. The minimum absolute atomic E-state index is 0.139. The largest absolute Gasteiger partial charge is 0.496 e. The van der Waals surface area contributed by atoms with Gasteiger partial charge in [-0.05, 0) is 70.7 Å². The van der Waals surface area contributed by atoms with Gasteiger partial charge in [-0.25, -0.2) is 0 Å². The fourth-order valence-corrected chi connectivity index (χ4v) is 3.50. The molecule has 25 heavy (non-hydrogen) atoms. The SMILES string of the molecule is C=C(C)C(=C(C)C)C(/C(CC)=C(\C)C(=C)C)c1ccc(C)cc1OC. The molecule has 1 aromatic rings. The standard InChI is InChI=1S/C24H34O/c1-11-20(19(9)15(2)3)24(23(16(4)5)17(6)7)21-13-12-18(8)14-22(21)25-10/h12-14,24H,2,4,11H2,1,3,5-10H3/b20-19+. The van der Waals surface area contributed by atoms with Crippen molar-refractivity contribution >= 4 is 0 Å². The van der Waals surface area contributed by atoms with Crippen LogP contribution in [-0.2, 0) is 0 Å². The Labute approximate surface area is 154 Å². The molecule has 0 aliphatic heterocycles. The Morgan fingerprint density at radius 1 is 1.04 bits per heavy atom. The molecule has 0 amide bonds. The lowest BCUT2D eigenvalue weighted by atomic mass is 9.76. The fourth-order valence-electron chi connectivity index (χ4n) is 3.50. The number of aryl methyl sites for hydroxylation is 1. The van der Waals surface area contributed by atoms with Gasteiger partial charge in [-0.2, -0.15) is 0 Å². The Morgan fingerprint density at radius 2 is 1.64 bits per heavy atom. The highest BCUT2D eigenvalue weighted by molar-refractivity contribution is 5.55. The number of hydrogen-bond acceptors (Lipinski definition) is 1. The van der Waals surface area contributed by atoms with E-state index in [-0.39, 0.29) is 5.92 Å². The van der Waals surface area contributed by atoms with Crippen LogP contribution in [0, 0.1) is 6.92 Å². The van der Waals surface area contributed by atoms with Gasteiger partial charge in [0.05, 0.1) is 7.11 Å². The first-order chi connectivity index (χ1) is 11.6. The zero-order valence-corrected chi connectivity index (χ0v) is 17.3. The molecule has 1 unspecified atom stereocenters. The topological polar surface area (TPSA) is 9.23 Å². The average molecular weight is 339 g/mol. The first-order valence-electron chi connectivity index (χ1n) is 8.98. The Morgan fingerprint density at radius 3 is 2.04 bits per heavy atom. The molecule has 0 heterocycles. The van der Waals surface area contributed by atoms with E-state index in [0.717, 1.165) is 23.3 Å². The van der Waals surface area contributed by atoms with Crippen molar-refractivity contribution in [2.45, 2.75) is 60.8 Å². The van der Waals surface area contributed by atoms with Crippen LogP contribution in [-0.4, -0.2) is 7.11 Å². The van der Waals surface area contributed by atoms with E-state index < -0.39 is 0 Å². The van der Waals surface area contributed by atoms with Gasteiger partial charge in [-0.3, -0.25) is 0 Å². The van der Waals surface area contributed by atoms with Crippen LogP contribution in [0.5, 0.6) is 5.75 Å². The van der Waals surface area contributed by atoms with E-state index in [2.05, 4.69) is 79.8 Å². The van der Waals surface area contributed by atoms with E-state index in [1.165, 1.54) is 33.4 Å². The van der Waals surface area contributed by atoms with Crippen molar-refractivity contribution in [2.75, 3.05) is 7.11 Å². The zero-order valence-electron chi connectivity index (χ0n) is 17.3. The summed E-state index contributed by atoms with van der Waals surface area (Å²) in [5.74, 6) is 1.07. The highest BCUT2D eigenvalue weighted by Crippen LogP contribution is 2.44. The molecule has 0 bridgehead atoms. The third-order valence-corrected chi connectivity index (χ3v) is 4.84. The van der Waals surface area contributed by atoms with Crippen molar-refractivity contribution in [2.24, 2.45) is 0 Å². The lowest BCUT2D eigenvalue weighted by Gasteiger charge is -2.29. The van der Waals surface area contributed by atoms with Crippen molar-refractivity contribution in [1.29, 1.82) is 0 Å². The van der Waals surface area contributed by atoms with E-state index in [1.54, 1.807) is 7.11 Å². The number of allylic oxidation sites excluding steroid dienone is 6. The van der Waals surface area contributed by atoms with Crippen molar-refractivity contribution in [3.8, 4) is 5.75 Å². The normalized spacial score (nSPS) is 13.0. The molecule has 1 nitrogen and oxygen atoms in total. The third-order valence-electron chi connectivity index (χ3n) is 4.84. The van der Waals surface area contributed by atoms with Crippen molar-refractivity contribution < 1.29 is 4.74 Å². The Kier molecular flexibility index (Phi) is 7.48. The summed E-state index contributed by atoms with van der Waals surface area (Å²) in [7, 11) is 1.75. The molecular formula is C24H34O. The van der Waals surface area contributed by atoms with E-state index in [1.807, 2.05) is 0 Å². The van der Waals surface area contributed by atoms with E-state index in [9.17, 15) is 0 Å². The van der Waals surface area contributed by atoms with Gasteiger partial charge in [0.1, 0.15) is 5.75 Å². The fraction of sp³-hybridized carbons (Fsp3) is 0.417. The summed E-state index contributed by atoms with van der Waals surface area (Å²) in [5, 5.41) is 0. The van der Waals surface area contributed by atoms with Crippen LogP contribution < -0.4 is 4.74 Å². The monoisotopic (exact) mass is 338 g/mol. The third kappa shape index (κ3) is 4.75. The summed E-state index contributed by atoms with van der Waals surface area (Å²) < 4.78 is 5.75. The second-order valence-electron chi connectivity index (χ2n) is 7.16. The Bertz CT molecular complexity index is 724. The molecule has 0 N–H and O–H groups in total. The molecule has 0 aromatic heterocycles. The first-order valence-corrected chi connectivity index (χ1v) is 8.98. The molecule has 136 valence electrons. The van der Waals surface area contributed by atoms with Gasteiger partial charge in [0, 0.05) is 11.5 Å². The minimum atomic E-state index is 0.139. The lowest BCUT2D eigenvalue weighted by molar-refractivity contribution is 0.408. The van der Waals surface area contributed by atoms with Crippen molar-refractivity contribution in [3.63, 3.8) is 0 Å². The average Bonchev–Trinajstić information content (AvgIpc) is 2.53. The number of benzene rings is 1. The highest BCUT2D eigenvalue weighted by atomic mass is 16.5. The summed E-state index contributed by atoms with van der Waals surface area (Å²) in [6.07, 6.45) is 0.963. The van der Waals surface area contributed by atoms with Crippen LogP contribution in [0.4, 0.5) is 0 Å². The van der Waals surface area contributed by atoms with E-state index >= 15 is 0 Å². The molecular weight excluding hydrogens is 304 g/mol. The second-order valence-corrected chi connectivity index (χ2v) is 7.16. The molecule has 1 atom stereocenters.